The molecule has 0 unspecified atom stereocenters. The molecule has 0 atom stereocenters. The van der Waals surface area contributed by atoms with Crippen molar-refractivity contribution in [1.29, 1.82) is 0 Å². The van der Waals surface area contributed by atoms with E-state index in [1.165, 1.54) is 0 Å². The summed E-state index contributed by atoms with van der Waals surface area (Å²) in [4.78, 5) is 37.7. The standard InChI is InChI=1S/2C4H4O4.Pb/c2*5-3(6)1-2-4(7)8;/h2*1-2H,(H,5,6)(H,7,8);/p-4/b2*2-1-;. The Morgan fingerprint density at radius 2 is 0.647 bits per heavy atom. The molecule has 0 bridgehead atoms. The van der Waals surface area contributed by atoms with Crippen molar-refractivity contribution in [2.75, 3.05) is 0 Å². The second-order valence-electron chi connectivity index (χ2n) is 1.94. The zero-order valence-corrected chi connectivity index (χ0v) is 12.0. The molecule has 0 aliphatic rings. The summed E-state index contributed by atoms with van der Waals surface area (Å²) in [5.74, 6) is -6.19. The molecular weight excluding hydrogens is 431 g/mol. The van der Waals surface area contributed by atoms with Gasteiger partial charge in [-0.15, -0.1) is 0 Å². The van der Waals surface area contributed by atoms with Crippen molar-refractivity contribution >= 4 is 51.2 Å². The molecule has 0 fully saturated rings. The molecular formula is C8H4O8Pb-4. The Hall–Kier alpha value is -1.72. The van der Waals surface area contributed by atoms with Gasteiger partial charge in [-0.1, -0.05) is 0 Å². The van der Waals surface area contributed by atoms with Crippen LogP contribution in [-0.4, -0.2) is 51.2 Å². The van der Waals surface area contributed by atoms with Gasteiger partial charge in [0.05, 0.1) is 23.9 Å². The van der Waals surface area contributed by atoms with E-state index in [2.05, 4.69) is 0 Å². The van der Waals surface area contributed by atoms with Gasteiger partial charge in [-0.25, -0.2) is 0 Å². The van der Waals surface area contributed by atoms with Crippen molar-refractivity contribution in [1.82, 2.24) is 0 Å². The number of carboxylic acid groups (broad SMARTS) is 4. The van der Waals surface area contributed by atoms with Crippen LogP contribution in [0.1, 0.15) is 0 Å². The zero-order valence-electron chi connectivity index (χ0n) is 8.08. The fraction of sp³-hybridized carbons (Fsp3) is 0. The van der Waals surface area contributed by atoms with Crippen LogP contribution in [0.5, 0.6) is 0 Å². The molecule has 0 aliphatic heterocycles. The van der Waals surface area contributed by atoms with Crippen LogP contribution in [-0.2, 0) is 19.2 Å². The third-order valence-electron chi connectivity index (χ3n) is 0.711. The third kappa shape index (κ3) is 31.4. The van der Waals surface area contributed by atoms with Crippen molar-refractivity contribution in [3.05, 3.63) is 24.3 Å². The molecule has 0 aromatic carbocycles. The average molecular weight is 435 g/mol. The molecule has 0 aromatic heterocycles. The van der Waals surface area contributed by atoms with Crippen molar-refractivity contribution in [3.8, 4) is 0 Å². The summed E-state index contributed by atoms with van der Waals surface area (Å²) >= 11 is 0. The van der Waals surface area contributed by atoms with E-state index in [9.17, 15) is 39.6 Å². The number of carbonyl (C=O) groups excluding carboxylic acids is 4. The molecule has 9 heteroatoms. The molecule has 0 saturated carbocycles. The van der Waals surface area contributed by atoms with Gasteiger partial charge in [-0.3, -0.25) is 0 Å². The second-order valence-corrected chi connectivity index (χ2v) is 1.94. The molecule has 8 nitrogen and oxygen atoms in total. The van der Waals surface area contributed by atoms with E-state index >= 15 is 0 Å². The van der Waals surface area contributed by atoms with E-state index in [4.69, 9.17) is 0 Å². The summed E-state index contributed by atoms with van der Waals surface area (Å²) in [5, 5.41) is 37.7. The minimum atomic E-state index is -1.55. The monoisotopic (exact) mass is 436 g/mol. The number of hydrogen-bond donors (Lipinski definition) is 0. The van der Waals surface area contributed by atoms with Crippen LogP contribution in [0.25, 0.3) is 0 Å². The van der Waals surface area contributed by atoms with E-state index in [0.717, 1.165) is 0 Å². The zero-order chi connectivity index (χ0) is 13.1. The summed E-state index contributed by atoms with van der Waals surface area (Å²) in [5.41, 5.74) is 0. The van der Waals surface area contributed by atoms with Crippen LogP contribution < -0.4 is 20.4 Å². The fourth-order valence-electron chi connectivity index (χ4n) is 0.272. The predicted octanol–water partition coefficient (Wildman–Crippen LogP) is -6.30. The number of rotatable bonds is 4. The second kappa shape index (κ2) is 12.4. The van der Waals surface area contributed by atoms with Crippen LogP contribution >= 0.6 is 0 Å². The first kappa shape index (κ1) is 20.7. The topological polar surface area (TPSA) is 161 Å². The Morgan fingerprint density at radius 3 is 0.706 bits per heavy atom. The first-order valence-corrected chi connectivity index (χ1v) is 3.45. The molecule has 92 valence electrons. The minimum absolute atomic E-state index is 0. The molecule has 0 saturated heterocycles. The van der Waals surface area contributed by atoms with Crippen LogP contribution in [0.3, 0.4) is 0 Å². The molecule has 0 amide bonds. The van der Waals surface area contributed by atoms with Gasteiger partial charge in [0.2, 0.25) is 0 Å². The first-order chi connectivity index (χ1) is 7.25. The van der Waals surface area contributed by atoms with Crippen molar-refractivity contribution < 1.29 is 39.6 Å². The summed E-state index contributed by atoms with van der Waals surface area (Å²) < 4.78 is 0. The average Bonchev–Trinajstić information content (AvgIpc) is 2.12. The Balaban J connectivity index is -0.000000218. The van der Waals surface area contributed by atoms with Gasteiger partial charge >= 0.3 is 0 Å². The summed E-state index contributed by atoms with van der Waals surface area (Å²) in [7, 11) is 0. The molecule has 4 radical (unpaired) electrons. The largest absolute Gasteiger partial charge is 0.545 e. The van der Waals surface area contributed by atoms with Gasteiger partial charge in [0, 0.05) is 27.3 Å². The quantitative estimate of drug-likeness (QED) is 0.311. The number of hydrogen-bond acceptors (Lipinski definition) is 8. The number of carboxylic acids is 4. The van der Waals surface area contributed by atoms with Crippen LogP contribution in [0.2, 0.25) is 0 Å². The molecule has 0 N–H and O–H groups in total. The smallest absolute Gasteiger partial charge is 0.0643 e. The predicted molar refractivity (Wildman–Crippen MR) is 44.1 cm³/mol. The van der Waals surface area contributed by atoms with E-state index in [1.807, 2.05) is 0 Å². The van der Waals surface area contributed by atoms with Crippen molar-refractivity contribution in [3.63, 3.8) is 0 Å². The van der Waals surface area contributed by atoms with Crippen molar-refractivity contribution in [2.24, 2.45) is 0 Å². The SMILES string of the molecule is O=C([O-])/C=C\C(=O)[O-].O=C([O-])/C=C\C(=O)[O-].[Pb]. The normalized spacial score (nSPS) is 8.94. The van der Waals surface area contributed by atoms with Gasteiger partial charge in [0.15, 0.2) is 0 Å². The van der Waals surface area contributed by atoms with E-state index in [0.29, 0.717) is 24.3 Å². The molecule has 0 aromatic rings. The molecule has 0 rings (SSSR count). The molecule has 0 aliphatic carbocycles. The first-order valence-electron chi connectivity index (χ1n) is 3.45. The maximum absolute atomic E-state index is 9.41. The van der Waals surface area contributed by atoms with Gasteiger partial charge in [-0.2, -0.15) is 0 Å². The minimum Gasteiger partial charge on any atom is -0.545 e. The summed E-state index contributed by atoms with van der Waals surface area (Å²) in [6.07, 6.45) is 1.54. The molecule has 0 heterocycles. The van der Waals surface area contributed by atoms with Gasteiger partial charge in [0.25, 0.3) is 0 Å². The van der Waals surface area contributed by atoms with Crippen molar-refractivity contribution in [2.45, 2.75) is 0 Å². The molecule has 0 spiro atoms. The Bertz CT molecular complexity index is 277. The fourth-order valence-corrected chi connectivity index (χ4v) is 0.272. The Kier molecular flexibility index (Phi) is 15.0. The van der Waals surface area contributed by atoms with E-state index in [-0.39, 0.29) is 27.3 Å². The maximum Gasteiger partial charge on any atom is 0.0643 e. The maximum atomic E-state index is 9.41. The Morgan fingerprint density at radius 1 is 0.529 bits per heavy atom. The van der Waals surface area contributed by atoms with Gasteiger partial charge in [-0.05, 0) is 24.3 Å². The number of aliphatic carboxylic acids is 4. The van der Waals surface area contributed by atoms with E-state index in [1.54, 1.807) is 0 Å². The third-order valence-corrected chi connectivity index (χ3v) is 0.711. The van der Waals surface area contributed by atoms with Crippen LogP contribution in [0.4, 0.5) is 0 Å². The summed E-state index contributed by atoms with van der Waals surface area (Å²) in [6.45, 7) is 0. The van der Waals surface area contributed by atoms with E-state index < -0.39 is 23.9 Å². The van der Waals surface area contributed by atoms with Gasteiger partial charge in [0.1, 0.15) is 0 Å². The summed E-state index contributed by atoms with van der Waals surface area (Å²) in [6, 6.07) is 0. The Labute approximate surface area is 115 Å². The number of carbonyl (C=O) groups is 4. The van der Waals surface area contributed by atoms with Gasteiger partial charge < -0.3 is 39.6 Å². The van der Waals surface area contributed by atoms with Crippen LogP contribution in [0, 0.1) is 0 Å². The molecule has 17 heavy (non-hydrogen) atoms. The van der Waals surface area contributed by atoms with Crippen LogP contribution in [0.15, 0.2) is 24.3 Å².